The van der Waals surface area contributed by atoms with Gasteiger partial charge in [0, 0.05) is 17.8 Å². The van der Waals surface area contributed by atoms with Crippen LogP contribution in [0.3, 0.4) is 0 Å². The maximum Gasteiger partial charge on any atom is 0.251 e. The van der Waals surface area contributed by atoms with Gasteiger partial charge in [0.1, 0.15) is 5.76 Å². The number of furan rings is 1. The maximum absolute atomic E-state index is 12.1. The SMILES string of the molecule is CCNC(=S)Nc1cccc(C(=O)NCc2ccco2)c1. The van der Waals surface area contributed by atoms with Gasteiger partial charge in [-0.25, -0.2) is 0 Å². The van der Waals surface area contributed by atoms with Crippen molar-refractivity contribution in [2.75, 3.05) is 11.9 Å². The van der Waals surface area contributed by atoms with Gasteiger partial charge in [0.05, 0.1) is 12.8 Å². The summed E-state index contributed by atoms with van der Waals surface area (Å²) in [6.45, 7) is 3.07. The zero-order valence-electron chi connectivity index (χ0n) is 11.7. The van der Waals surface area contributed by atoms with E-state index >= 15 is 0 Å². The molecule has 1 aromatic heterocycles. The van der Waals surface area contributed by atoms with Gasteiger partial charge in [0.25, 0.3) is 5.91 Å². The number of hydrogen-bond donors (Lipinski definition) is 3. The zero-order valence-corrected chi connectivity index (χ0v) is 12.5. The molecule has 0 aliphatic heterocycles. The van der Waals surface area contributed by atoms with Crippen molar-refractivity contribution in [2.45, 2.75) is 13.5 Å². The average Bonchev–Trinajstić information content (AvgIpc) is 2.98. The topological polar surface area (TPSA) is 66.3 Å². The van der Waals surface area contributed by atoms with Gasteiger partial charge < -0.3 is 20.4 Å². The van der Waals surface area contributed by atoms with Gasteiger partial charge in [-0.15, -0.1) is 0 Å². The largest absolute Gasteiger partial charge is 0.467 e. The van der Waals surface area contributed by atoms with E-state index in [9.17, 15) is 4.79 Å². The van der Waals surface area contributed by atoms with Crippen molar-refractivity contribution in [1.29, 1.82) is 0 Å². The number of anilines is 1. The lowest BCUT2D eigenvalue weighted by Gasteiger charge is -2.10. The van der Waals surface area contributed by atoms with Gasteiger partial charge in [0.15, 0.2) is 5.11 Å². The first-order chi connectivity index (χ1) is 10.2. The van der Waals surface area contributed by atoms with Crippen molar-refractivity contribution in [3.63, 3.8) is 0 Å². The molecule has 0 unspecified atom stereocenters. The Bertz CT molecular complexity index is 611. The Morgan fingerprint density at radius 1 is 1.24 bits per heavy atom. The first-order valence-corrected chi connectivity index (χ1v) is 7.05. The van der Waals surface area contributed by atoms with E-state index in [1.807, 2.05) is 19.1 Å². The van der Waals surface area contributed by atoms with E-state index in [1.54, 1.807) is 30.5 Å². The van der Waals surface area contributed by atoms with Crippen LogP contribution >= 0.6 is 12.2 Å². The normalized spacial score (nSPS) is 9.95. The minimum atomic E-state index is -0.163. The minimum absolute atomic E-state index is 0.163. The second-order valence-electron chi connectivity index (χ2n) is 4.33. The van der Waals surface area contributed by atoms with Crippen molar-refractivity contribution in [2.24, 2.45) is 0 Å². The fourth-order valence-electron chi connectivity index (χ4n) is 1.76. The Labute approximate surface area is 128 Å². The molecular weight excluding hydrogens is 286 g/mol. The van der Waals surface area contributed by atoms with Crippen LogP contribution in [0.15, 0.2) is 47.1 Å². The molecule has 6 heteroatoms. The number of carbonyl (C=O) groups excluding carboxylic acids is 1. The molecule has 2 rings (SSSR count). The predicted octanol–water partition coefficient (Wildman–Crippen LogP) is 2.52. The van der Waals surface area contributed by atoms with Crippen molar-refractivity contribution in [3.05, 3.63) is 54.0 Å². The Kier molecular flexibility index (Phi) is 5.34. The van der Waals surface area contributed by atoms with Gasteiger partial charge in [-0.1, -0.05) is 6.07 Å². The molecule has 0 radical (unpaired) electrons. The summed E-state index contributed by atoms with van der Waals surface area (Å²) >= 11 is 5.11. The first-order valence-electron chi connectivity index (χ1n) is 6.64. The van der Waals surface area contributed by atoms with Crippen LogP contribution in [0.2, 0.25) is 0 Å². The lowest BCUT2D eigenvalue weighted by Crippen LogP contribution is -2.28. The number of hydrogen-bond acceptors (Lipinski definition) is 3. The number of nitrogens with one attached hydrogen (secondary N) is 3. The van der Waals surface area contributed by atoms with Gasteiger partial charge in [-0.05, 0) is 49.5 Å². The highest BCUT2D eigenvalue weighted by Gasteiger charge is 2.07. The van der Waals surface area contributed by atoms with Crippen LogP contribution in [0.25, 0.3) is 0 Å². The van der Waals surface area contributed by atoms with Crippen LogP contribution < -0.4 is 16.0 Å². The Morgan fingerprint density at radius 3 is 2.81 bits per heavy atom. The monoisotopic (exact) mass is 303 g/mol. The second kappa shape index (κ2) is 7.44. The molecule has 1 heterocycles. The highest BCUT2D eigenvalue weighted by molar-refractivity contribution is 7.80. The third-order valence-corrected chi connectivity index (χ3v) is 2.97. The summed E-state index contributed by atoms with van der Waals surface area (Å²) in [6, 6.07) is 10.8. The van der Waals surface area contributed by atoms with E-state index in [0.717, 1.165) is 12.2 Å². The maximum atomic E-state index is 12.1. The molecule has 1 amide bonds. The van der Waals surface area contributed by atoms with E-state index in [1.165, 1.54) is 0 Å². The van der Waals surface area contributed by atoms with Crippen molar-refractivity contribution in [3.8, 4) is 0 Å². The van der Waals surface area contributed by atoms with Gasteiger partial charge in [-0.3, -0.25) is 4.79 Å². The van der Waals surface area contributed by atoms with Gasteiger partial charge >= 0.3 is 0 Å². The summed E-state index contributed by atoms with van der Waals surface area (Å²) in [5.41, 5.74) is 1.33. The van der Waals surface area contributed by atoms with E-state index in [2.05, 4.69) is 16.0 Å². The average molecular weight is 303 g/mol. The van der Waals surface area contributed by atoms with Gasteiger partial charge in [0.2, 0.25) is 0 Å². The highest BCUT2D eigenvalue weighted by Crippen LogP contribution is 2.11. The lowest BCUT2D eigenvalue weighted by atomic mass is 10.2. The van der Waals surface area contributed by atoms with Crippen LogP contribution in [-0.4, -0.2) is 17.6 Å². The Balaban J connectivity index is 1.96. The van der Waals surface area contributed by atoms with E-state index in [-0.39, 0.29) is 5.91 Å². The predicted molar refractivity (Wildman–Crippen MR) is 86.2 cm³/mol. The highest BCUT2D eigenvalue weighted by atomic mass is 32.1. The number of amides is 1. The molecule has 5 nitrogen and oxygen atoms in total. The van der Waals surface area contributed by atoms with Crippen LogP contribution in [0, 0.1) is 0 Å². The van der Waals surface area contributed by atoms with E-state index in [0.29, 0.717) is 23.0 Å². The summed E-state index contributed by atoms with van der Waals surface area (Å²) in [6.07, 6.45) is 1.58. The number of thiocarbonyl (C=S) groups is 1. The molecule has 110 valence electrons. The Morgan fingerprint density at radius 2 is 2.10 bits per heavy atom. The quantitative estimate of drug-likeness (QED) is 0.741. The standard InChI is InChI=1S/C15H17N3O2S/c1-2-16-15(21)18-12-6-3-5-11(9-12)14(19)17-10-13-7-4-8-20-13/h3-9H,2,10H2,1H3,(H,17,19)(H2,16,18,21). The molecule has 0 spiro atoms. The van der Waals surface area contributed by atoms with Crippen LogP contribution in [0.1, 0.15) is 23.0 Å². The summed E-state index contributed by atoms with van der Waals surface area (Å²) in [5, 5.41) is 9.35. The third kappa shape index (κ3) is 4.61. The van der Waals surface area contributed by atoms with E-state index in [4.69, 9.17) is 16.6 Å². The smallest absolute Gasteiger partial charge is 0.251 e. The molecule has 0 aliphatic carbocycles. The molecule has 2 aromatic rings. The molecule has 0 saturated carbocycles. The van der Waals surface area contributed by atoms with Gasteiger partial charge in [-0.2, -0.15) is 0 Å². The first kappa shape index (κ1) is 15.1. The molecule has 0 atom stereocenters. The molecular formula is C15H17N3O2S. The molecule has 0 fully saturated rings. The third-order valence-electron chi connectivity index (χ3n) is 2.72. The zero-order chi connectivity index (χ0) is 15.1. The molecule has 21 heavy (non-hydrogen) atoms. The van der Waals surface area contributed by atoms with Crippen molar-refractivity contribution < 1.29 is 9.21 Å². The van der Waals surface area contributed by atoms with Crippen molar-refractivity contribution >= 4 is 28.9 Å². The Hall–Kier alpha value is -2.34. The summed E-state index contributed by atoms with van der Waals surface area (Å²) in [5.74, 6) is 0.551. The molecule has 3 N–H and O–H groups in total. The number of carbonyl (C=O) groups is 1. The minimum Gasteiger partial charge on any atom is -0.467 e. The lowest BCUT2D eigenvalue weighted by molar-refractivity contribution is 0.0948. The van der Waals surface area contributed by atoms with Crippen LogP contribution in [0.4, 0.5) is 5.69 Å². The summed E-state index contributed by atoms with van der Waals surface area (Å²) in [4.78, 5) is 12.1. The molecule has 0 aliphatic rings. The summed E-state index contributed by atoms with van der Waals surface area (Å²) in [7, 11) is 0. The fraction of sp³-hybridized carbons (Fsp3) is 0.200. The molecule has 1 aromatic carbocycles. The molecule has 0 saturated heterocycles. The van der Waals surface area contributed by atoms with Crippen molar-refractivity contribution in [1.82, 2.24) is 10.6 Å². The number of rotatable bonds is 5. The van der Waals surface area contributed by atoms with Crippen LogP contribution in [0.5, 0.6) is 0 Å². The number of benzene rings is 1. The second-order valence-corrected chi connectivity index (χ2v) is 4.74. The fourth-order valence-corrected chi connectivity index (χ4v) is 2.02. The van der Waals surface area contributed by atoms with E-state index < -0.39 is 0 Å². The molecule has 0 bridgehead atoms. The summed E-state index contributed by atoms with van der Waals surface area (Å²) < 4.78 is 5.17. The van der Waals surface area contributed by atoms with Crippen LogP contribution in [-0.2, 0) is 6.54 Å².